The van der Waals surface area contributed by atoms with Crippen LogP contribution in [0.5, 0.6) is 0 Å². The van der Waals surface area contributed by atoms with Crippen molar-refractivity contribution >= 4 is 22.6 Å². The number of carbonyl (C=O) groups excluding carboxylic acids is 1. The minimum atomic E-state index is 0.0745. The highest BCUT2D eigenvalue weighted by atomic mass is 16.2. The summed E-state index contributed by atoms with van der Waals surface area (Å²) < 4.78 is 1.74. The molecule has 2 heterocycles. The number of fused-ring (bicyclic) bond motifs is 1. The minimum absolute atomic E-state index is 0.0745. The van der Waals surface area contributed by atoms with Crippen LogP contribution in [0.15, 0.2) is 24.3 Å². The van der Waals surface area contributed by atoms with E-state index in [4.69, 9.17) is 4.98 Å². The molecule has 0 saturated heterocycles. The topological polar surface area (TPSA) is 59.8 Å². The van der Waals surface area contributed by atoms with E-state index in [0.717, 1.165) is 46.4 Å². The molecule has 1 N–H and O–H groups in total. The summed E-state index contributed by atoms with van der Waals surface area (Å²) in [6.07, 6.45) is 1.95. The van der Waals surface area contributed by atoms with Crippen molar-refractivity contribution < 1.29 is 4.79 Å². The van der Waals surface area contributed by atoms with E-state index in [2.05, 4.69) is 43.3 Å². The maximum Gasteiger partial charge on any atom is 0.228 e. The van der Waals surface area contributed by atoms with Crippen LogP contribution in [0.25, 0.3) is 16.7 Å². The second-order valence-corrected chi connectivity index (χ2v) is 7.12. The number of nitrogens with zero attached hydrogens (tertiary/aromatic N) is 3. The molecule has 1 aliphatic carbocycles. The Morgan fingerprint density at radius 1 is 1.08 bits per heavy atom. The second-order valence-electron chi connectivity index (χ2n) is 7.12. The molecular formula is C20H22N4O. The minimum Gasteiger partial charge on any atom is -0.310 e. The summed E-state index contributed by atoms with van der Waals surface area (Å²) in [5.74, 6) is 1.65. The Morgan fingerprint density at radius 3 is 2.56 bits per heavy atom. The van der Waals surface area contributed by atoms with Crippen molar-refractivity contribution in [1.82, 2.24) is 14.8 Å². The lowest BCUT2D eigenvalue weighted by Gasteiger charge is -2.12. The molecule has 3 aromatic rings. The van der Waals surface area contributed by atoms with Gasteiger partial charge in [-0.1, -0.05) is 11.6 Å². The number of amides is 1. The largest absolute Gasteiger partial charge is 0.310 e. The van der Waals surface area contributed by atoms with Crippen LogP contribution < -0.4 is 5.32 Å². The third-order valence-electron chi connectivity index (χ3n) is 4.69. The van der Waals surface area contributed by atoms with Crippen LogP contribution in [0.4, 0.5) is 5.82 Å². The fourth-order valence-electron chi connectivity index (χ4n) is 3.27. The fourth-order valence-corrected chi connectivity index (χ4v) is 3.27. The molecule has 1 aliphatic rings. The molecule has 1 aromatic carbocycles. The highest BCUT2D eigenvalue weighted by Crippen LogP contribution is 2.31. The van der Waals surface area contributed by atoms with Gasteiger partial charge >= 0.3 is 0 Å². The van der Waals surface area contributed by atoms with E-state index in [1.165, 1.54) is 5.56 Å². The molecule has 128 valence electrons. The number of aryl methyl sites for hydroxylation is 4. The van der Waals surface area contributed by atoms with Crippen molar-refractivity contribution in [3.05, 3.63) is 46.6 Å². The van der Waals surface area contributed by atoms with Crippen molar-refractivity contribution in [3.63, 3.8) is 0 Å². The van der Waals surface area contributed by atoms with Crippen LogP contribution >= 0.6 is 0 Å². The first-order valence-corrected chi connectivity index (χ1v) is 8.69. The molecule has 25 heavy (non-hydrogen) atoms. The molecule has 4 rings (SSSR count). The van der Waals surface area contributed by atoms with E-state index in [1.54, 1.807) is 4.68 Å². The van der Waals surface area contributed by atoms with Gasteiger partial charge in [0.1, 0.15) is 5.82 Å². The summed E-state index contributed by atoms with van der Waals surface area (Å²) in [4.78, 5) is 17.0. The van der Waals surface area contributed by atoms with Crippen molar-refractivity contribution in [3.8, 4) is 5.82 Å². The van der Waals surface area contributed by atoms with Crippen LogP contribution in [-0.2, 0) is 4.79 Å². The predicted octanol–water partition coefficient (Wildman–Crippen LogP) is 4.00. The van der Waals surface area contributed by atoms with Crippen LogP contribution in [-0.4, -0.2) is 20.7 Å². The van der Waals surface area contributed by atoms with Gasteiger partial charge in [-0.3, -0.25) is 4.79 Å². The van der Waals surface area contributed by atoms with E-state index in [1.807, 2.05) is 19.1 Å². The first-order chi connectivity index (χ1) is 11.9. The highest BCUT2D eigenvalue weighted by Gasteiger charge is 2.30. The normalized spacial score (nSPS) is 14.1. The molecule has 1 amide bonds. The summed E-state index contributed by atoms with van der Waals surface area (Å²) >= 11 is 0. The van der Waals surface area contributed by atoms with Crippen molar-refractivity contribution in [1.29, 1.82) is 0 Å². The Bertz CT molecular complexity index is 999. The smallest absolute Gasteiger partial charge is 0.228 e. The number of rotatable bonds is 3. The number of carbonyl (C=O) groups is 1. The molecule has 0 bridgehead atoms. The van der Waals surface area contributed by atoms with E-state index >= 15 is 0 Å². The zero-order valence-corrected chi connectivity index (χ0v) is 15.1. The maximum atomic E-state index is 12.2. The van der Waals surface area contributed by atoms with E-state index in [9.17, 15) is 4.79 Å². The van der Waals surface area contributed by atoms with Gasteiger partial charge in [0.05, 0.1) is 11.2 Å². The standard InChI is InChI=1S/C20H22N4O/c1-11-7-13(3)19-16(8-11)12(2)9-17(21-19)24-18(10-14(4)23-24)22-20(25)15-5-6-15/h7-10,15H,5-6H2,1-4H3,(H,22,25). The SMILES string of the molecule is Cc1cc(C)c2nc(-n3nc(C)cc3NC(=O)C3CC3)cc(C)c2c1. The van der Waals surface area contributed by atoms with Crippen molar-refractivity contribution in [2.24, 2.45) is 5.92 Å². The molecular weight excluding hydrogens is 312 g/mol. The molecule has 1 saturated carbocycles. The van der Waals surface area contributed by atoms with Crippen LogP contribution in [0.3, 0.4) is 0 Å². The Hall–Kier alpha value is -2.69. The lowest BCUT2D eigenvalue weighted by molar-refractivity contribution is -0.117. The van der Waals surface area contributed by atoms with E-state index in [0.29, 0.717) is 5.82 Å². The first kappa shape index (κ1) is 15.8. The fraction of sp³-hybridized carbons (Fsp3) is 0.350. The average molecular weight is 334 g/mol. The van der Waals surface area contributed by atoms with E-state index in [-0.39, 0.29) is 11.8 Å². The van der Waals surface area contributed by atoms with E-state index < -0.39 is 0 Å². The molecule has 0 spiro atoms. The summed E-state index contributed by atoms with van der Waals surface area (Å²) in [7, 11) is 0. The molecule has 5 nitrogen and oxygen atoms in total. The number of nitrogens with one attached hydrogen (secondary N) is 1. The Kier molecular flexibility index (Phi) is 3.60. The van der Waals surface area contributed by atoms with Gasteiger partial charge in [0.2, 0.25) is 5.91 Å². The lowest BCUT2D eigenvalue weighted by Crippen LogP contribution is -2.17. The first-order valence-electron chi connectivity index (χ1n) is 8.69. The van der Waals surface area contributed by atoms with Gasteiger partial charge in [-0.2, -0.15) is 9.78 Å². The van der Waals surface area contributed by atoms with Crippen molar-refractivity contribution in [2.45, 2.75) is 40.5 Å². The van der Waals surface area contributed by atoms with Gasteiger partial charge in [-0.15, -0.1) is 0 Å². The van der Waals surface area contributed by atoms with Gasteiger partial charge in [-0.25, -0.2) is 4.98 Å². The van der Waals surface area contributed by atoms with Crippen LogP contribution in [0.1, 0.15) is 35.2 Å². The summed E-state index contributed by atoms with van der Waals surface area (Å²) in [6, 6.07) is 8.23. The zero-order chi connectivity index (χ0) is 17.7. The third kappa shape index (κ3) is 2.90. The van der Waals surface area contributed by atoms with Crippen LogP contribution in [0.2, 0.25) is 0 Å². The van der Waals surface area contributed by atoms with Crippen LogP contribution in [0, 0.1) is 33.6 Å². The maximum absolute atomic E-state index is 12.2. The second kappa shape index (κ2) is 5.69. The zero-order valence-electron chi connectivity index (χ0n) is 15.1. The van der Waals surface area contributed by atoms with Gasteiger partial charge < -0.3 is 5.32 Å². The molecule has 0 unspecified atom stereocenters. The number of anilines is 1. The quantitative estimate of drug-likeness (QED) is 0.787. The predicted molar refractivity (Wildman–Crippen MR) is 99.2 cm³/mol. The molecule has 1 fully saturated rings. The Labute approximate surface area is 147 Å². The number of pyridine rings is 1. The van der Waals surface area contributed by atoms with Gasteiger partial charge in [0.15, 0.2) is 5.82 Å². The molecule has 5 heteroatoms. The highest BCUT2D eigenvalue weighted by molar-refractivity contribution is 5.93. The molecule has 0 radical (unpaired) electrons. The average Bonchev–Trinajstić information content (AvgIpc) is 3.32. The van der Waals surface area contributed by atoms with Crippen molar-refractivity contribution in [2.75, 3.05) is 5.32 Å². The monoisotopic (exact) mass is 334 g/mol. The Balaban J connectivity index is 1.83. The Morgan fingerprint density at radius 2 is 1.84 bits per heavy atom. The number of hydrogen-bond donors (Lipinski definition) is 1. The molecule has 0 aliphatic heterocycles. The molecule has 0 atom stereocenters. The summed E-state index contributed by atoms with van der Waals surface area (Å²) in [5, 5.41) is 8.71. The van der Waals surface area contributed by atoms with Gasteiger partial charge in [-0.05, 0) is 63.8 Å². The third-order valence-corrected chi connectivity index (χ3v) is 4.69. The number of hydrogen-bond acceptors (Lipinski definition) is 3. The summed E-state index contributed by atoms with van der Waals surface area (Å²) in [6.45, 7) is 8.19. The summed E-state index contributed by atoms with van der Waals surface area (Å²) in [5.41, 5.74) is 5.36. The van der Waals surface area contributed by atoms with Gasteiger partial charge in [0.25, 0.3) is 0 Å². The molecule has 2 aromatic heterocycles. The number of aromatic nitrogens is 3. The number of benzene rings is 1. The van der Waals surface area contributed by atoms with Gasteiger partial charge in [0, 0.05) is 17.4 Å². The lowest BCUT2D eigenvalue weighted by atomic mass is 10.0.